The zero-order valence-corrected chi connectivity index (χ0v) is 19.4. The molecule has 0 spiro atoms. The van der Waals surface area contributed by atoms with Gasteiger partial charge < -0.3 is 19.2 Å². The lowest BCUT2D eigenvalue weighted by Gasteiger charge is -2.27. The van der Waals surface area contributed by atoms with Gasteiger partial charge in [-0.1, -0.05) is 17.7 Å². The van der Waals surface area contributed by atoms with Gasteiger partial charge in [0, 0.05) is 28.3 Å². The van der Waals surface area contributed by atoms with Crippen LogP contribution in [0.3, 0.4) is 0 Å². The molecule has 0 bridgehead atoms. The fourth-order valence-electron chi connectivity index (χ4n) is 4.56. The Kier molecular flexibility index (Phi) is 5.49. The van der Waals surface area contributed by atoms with E-state index in [0.29, 0.717) is 11.7 Å². The Hall–Kier alpha value is -3.09. The first-order chi connectivity index (χ1) is 15.5. The molecule has 0 radical (unpaired) electrons. The van der Waals surface area contributed by atoms with E-state index in [4.69, 9.17) is 28.2 Å². The minimum absolute atomic E-state index is 0.0326. The van der Waals surface area contributed by atoms with E-state index in [9.17, 15) is 0 Å². The van der Waals surface area contributed by atoms with Gasteiger partial charge in [0.05, 0.1) is 30.6 Å². The molecular weight excluding hydrogens is 440 g/mol. The quantitative estimate of drug-likeness (QED) is 0.373. The van der Waals surface area contributed by atoms with Crippen LogP contribution < -0.4 is 5.32 Å². The van der Waals surface area contributed by atoms with Gasteiger partial charge in [-0.05, 0) is 86.2 Å². The van der Waals surface area contributed by atoms with Gasteiger partial charge in [0.15, 0.2) is 5.11 Å². The highest BCUT2D eigenvalue weighted by molar-refractivity contribution is 7.80. The molecule has 162 valence electrons. The van der Waals surface area contributed by atoms with E-state index in [1.165, 1.54) is 5.56 Å². The van der Waals surface area contributed by atoms with Crippen LogP contribution in [0.25, 0.3) is 5.69 Å². The second-order valence-corrected chi connectivity index (χ2v) is 8.80. The third-order valence-corrected chi connectivity index (χ3v) is 6.58. The summed E-state index contributed by atoms with van der Waals surface area (Å²) < 4.78 is 7.90. The van der Waals surface area contributed by atoms with Crippen molar-refractivity contribution in [2.24, 2.45) is 0 Å². The van der Waals surface area contributed by atoms with Crippen LogP contribution in [0.1, 0.15) is 40.5 Å². The highest BCUT2D eigenvalue weighted by Crippen LogP contribution is 2.42. The molecule has 1 fully saturated rings. The molecule has 0 amide bonds. The number of rotatable bonds is 5. The maximum absolute atomic E-state index is 6.12. The molecular formula is C25H23ClN4OS. The molecule has 1 aliphatic heterocycles. The average Bonchev–Trinajstić information content (AvgIpc) is 3.49. The second kappa shape index (κ2) is 8.45. The lowest BCUT2D eigenvalue weighted by Crippen LogP contribution is -2.29. The third-order valence-electron chi connectivity index (χ3n) is 5.98. The van der Waals surface area contributed by atoms with E-state index in [2.05, 4.69) is 39.7 Å². The number of pyridine rings is 1. The molecule has 0 saturated carbocycles. The average molecular weight is 463 g/mol. The van der Waals surface area contributed by atoms with E-state index in [1.54, 1.807) is 6.26 Å². The molecule has 3 aromatic heterocycles. The monoisotopic (exact) mass is 462 g/mol. The molecule has 7 heteroatoms. The summed E-state index contributed by atoms with van der Waals surface area (Å²) in [6.45, 7) is 4.86. The largest absolute Gasteiger partial charge is 0.467 e. The van der Waals surface area contributed by atoms with Gasteiger partial charge in [-0.3, -0.25) is 4.98 Å². The molecule has 4 heterocycles. The molecule has 1 aliphatic rings. The topological polar surface area (TPSA) is 46.2 Å². The van der Waals surface area contributed by atoms with Gasteiger partial charge in [0.25, 0.3) is 0 Å². The Morgan fingerprint density at radius 1 is 1.09 bits per heavy atom. The maximum Gasteiger partial charge on any atom is 0.170 e. The van der Waals surface area contributed by atoms with Crippen LogP contribution in [0.2, 0.25) is 5.02 Å². The first-order valence-electron chi connectivity index (χ1n) is 10.5. The molecule has 1 saturated heterocycles. The molecule has 4 aromatic rings. The molecule has 1 aromatic carbocycles. The van der Waals surface area contributed by atoms with Gasteiger partial charge in [-0.2, -0.15) is 0 Å². The number of hydrogen-bond donors (Lipinski definition) is 1. The summed E-state index contributed by atoms with van der Waals surface area (Å²) in [5.74, 6) is 0.868. The summed E-state index contributed by atoms with van der Waals surface area (Å²) in [6.07, 6.45) is 3.52. The summed E-state index contributed by atoms with van der Waals surface area (Å²) in [5, 5.41) is 4.93. The molecule has 0 aliphatic carbocycles. The number of thiocarbonyl (C=S) groups is 1. The standard InChI is InChI=1S/C25H23ClN4OS/c1-16-14-21(17(2)30(16)19-10-8-18(26)9-11-19)24-23(22-7-3-4-12-27-22)28-25(32)29(24)15-20-6-5-13-31-20/h3-14,23-24H,15H2,1-2H3,(H,28,32)/t23-,24-/m0/s1. The Balaban J connectivity index is 1.62. The fourth-order valence-corrected chi connectivity index (χ4v) is 4.99. The smallest absolute Gasteiger partial charge is 0.170 e. The van der Waals surface area contributed by atoms with Gasteiger partial charge in [-0.25, -0.2) is 0 Å². The van der Waals surface area contributed by atoms with Gasteiger partial charge >= 0.3 is 0 Å². The summed E-state index contributed by atoms with van der Waals surface area (Å²) in [6, 6.07) is 19.9. The summed E-state index contributed by atoms with van der Waals surface area (Å²) in [7, 11) is 0. The number of hydrogen-bond acceptors (Lipinski definition) is 3. The third kappa shape index (κ3) is 3.70. The van der Waals surface area contributed by atoms with Crippen LogP contribution >= 0.6 is 23.8 Å². The number of nitrogens with zero attached hydrogens (tertiary/aromatic N) is 3. The first-order valence-corrected chi connectivity index (χ1v) is 11.3. The van der Waals surface area contributed by atoms with Crippen LogP contribution in [0, 0.1) is 13.8 Å². The van der Waals surface area contributed by atoms with E-state index in [1.807, 2.05) is 60.8 Å². The Labute approximate surface area is 197 Å². The Morgan fingerprint density at radius 3 is 2.59 bits per heavy atom. The van der Waals surface area contributed by atoms with Crippen molar-refractivity contribution in [3.8, 4) is 5.69 Å². The summed E-state index contributed by atoms with van der Waals surface area (Å²) >= 11 is 11.9. The van der Waals surface area contributed by atoms with Crippen molar-refractivity contribution in [1.29, 1.82) is 0 Å². The van der Waals surface area contributed by atoms with E-state index >= 15 is 0 Å². The zero-order chi connectivity index (χ0) is 22.2. The van der Waals surface area contributed by atoms with Crippen LogP contribution in [0.15, 0.2) is 77.5 Å². The Morgan fingerprint density at radius 2 is 1.91 bits per heavy atom. The molecule has 2 atom stereocenters. The minimum Gasteiger partial charge on any atom is -0.467 e. The number of benzene rings is 1. The normalized spacial score (nSPS) is 18.2. The summed E-state index contributed by atoms with van der Waals surface area (Å²) in [5.41, 5.74) is 5.54. The predicted octanol–water partition coefficient (Wildman–Crippen LogP) is 5.91. The molecule has 5 nitrogen and oxygen atoms in total. The van der Waals surface area contributed by atoms with Gasteiger partial charge in [0.1, 0.15) is 5.76 Å². The van der Waals surface area contributed by atoms with E-state index in [0.717, 1.165) is 33.6 Å². The van der Waals surface area contributed by atoms with Crippen molar-refractivity contribution in [2.75, 3.05) is 0 Å². The number of nitrogens with one attached hydrogen (secondary N) is 1. The van der Waals surface area contributed by atoms with Gasteiger partial charge in [-0.15, -0.1) is 0 Å². The minimum atomic E-state index is -0.0715. The highest BCUT2D eigenvalue weighted by Gasteiger charge is 2.41. The number of halogens is 1. The Bertz CT molecular complexity index is 1240. The van der Waals surface area contributed by atoms with E-state index in [-0.39, 0.29) is 12.1 Å². The number of aromatic nitrogens is 2. The lowest BCUT2D eigenvalue weighted by atomic mass is 9.96. The summed E-state index contributed by atoms with van der Waals surface area (Å²) in [4.78, 5) is 6.83. The van der Waals surface area contributed by atoms with E-state index < -0.39 is 0 Å². The second-order valence-electron chi connectivity index (χ2n) is 7.97. The van der Waals surface area contributed by atoms with Crippen LogP contribution in [0.5, 0.6) is 0 Å². The number of aryl methyl sites for hydroxylation is 1. The lowest BCUT2D eigenvalue weighted by molar-refractivity contribution is 0.286. The van der Waals surface area contributed by atoms with Crippen molar-refractivity contribution < 1.29 is 4.42 Å². The molecule has 5 rings (SSSR count). The number of furan rings is 1. The van der Waals surface area contributed by atoms with Crippen molar-refractivity contribution >= 4 is 28.9 Å². The SMILES string of the molecule is Cc1cc([C@H]2[C@H](c3ccccn3)NC(=S)N2Cc2ccco2)c(C)n1-c1ccc(Cl)cc1. The molecule has 0 unspecified atom stereocenters. The van der Waals surface area contributed by atoms with Crippen LogP contribution in [-0.2, 0) is 6.54 Å². The predicted molar refractivity (Wildman–Crippen MR) is 130 cm³/mol. The fraction of sp³-hybridized carbons (Fsp3) is 0.200. The highest BCUT2D eigenvalue weighted by atomic mass is 35.5. The first kappa shape index (κ1) is 20.8. The molecule has 32 heavy (non-hydrogen) atoms. The van der Waals surface area contributed by atoms with Crippen molar-refractivity contribution in [3.05, 3.63) is 107 Å². The van der Waals surface area contributed by atoms with Crippen LogP contribution in [-0.4, -0.2) is 19.6 Å². The van der Waals surface area contributed by atoms with Crippen molar-refractivity contribution in [3.63, 3.8) is 0 Å². The zero-order valence-electron chi connectivity index (χ0n) is 17.8. The van der Waals surface area contributed by atoms with Crippen molar-refractivity contribution in [1.82, 2.24) is 19.8 Å². The van der Waals surface area contributed by atoms with Crippen molar-refractivity contribution in [2.45, 2.75) is 32.5 Å². The van der Waals surface area contributed by atoms with Gasteiger partial charge in [0.2, 0.25) is 0 Å². The van der Waals surface area contributed by atoms with Crippen LogP contribution in [0.4, 0.5) is 0 Å². The molecule has 1 N–H and O–H groups in total. The maximum atomic E-state index is 6.12.